The maximum absolute atomic E-state index is 14.0. The van der Waals surface area contributed by atoms with Crippen molar-refractivity contribution in [3.63, 3.8) is 0 Å². The number of carbonyl (C=O) groups excluding carboxylic acids is 1. The van der Waals surface area contributed by atoms with Crippen molar-refractivity contribution in [1.82, 2.24) is 14.9 Å². The Bertz CT molecular complexity index is 989. The van der Waals surface area contributed by atoms with Crippen LogP contribution < -0.4 is 10.9 Å². The minimum Gasteiger partial charge on any atom is -0.352 e. The molecule has 2 aromatic heterocycles. The van der Waals surface area contributed by atoms with E-state index in [9.17, 15) is 14.0 Å². The maximum Gasteiger partial charge on any atom is 0.271 e. The predicted molar refractivity (Wildman–Crippen MR) is 91.7 cm³/mol. The van der Waals surface area contributed by atoms with Crippen molar-refractivity contribution in [3.8, 4) is 0 Å². The van der Waals surface area contributed by atoms with Crippen molar-refractivity contribution in [2.45, 2.75) is 38.3 Å². The Morgan fingerprint density at radius 1 is 1.38 bits per heavy atom. The van der Waals surface area contributed by atoms with Crippen LogP contribution in [0.4, 0.5) is 4.39 Å². The lowest BCUT2D eigenvalue weighted by Gasteiger charge is -2.12. The van der Waals surface area contributed by atoms with Gasteiger partial charge in [0.05, 0.1) is 17.2 Å². The van der Waals surface area contributed by atoms with Crippen LogP contribution in [0.1, 0.15) is 25.7 Å². The van der Waals surface area contributed by atoms with Crippen LogP contribution in [0.3, 0.4) is 0 Å². The number of halogens is 1. The second-order valence-corrected chi connectivity index (χ2v) is 7.17. The number of aromatic nitrogens is 2. The maximum atomic E-state index is 14.0. The fourth-order valence-corrected chi connectivity index (χ4v) is 4.40. The molecule has 1 aromatic carbocycles. The Labute approximate surface area is 141 Å². The van der Waals surface area contributed by atoms with Crippen molar-refractivity contribution < 1.29 is 9.18 Å². The summed E-state index contributed by atoms with van der Waals surface area (Å²) in [6.45, 7) is -0.0605. The molecule has 24 heavy (non-hydrogen) atoms. The van der Waals surface area contributed by atoms with Crippen molar-refractivity contribution in [1.29, 1.82) is 0 Å². The zero-order chi connectivity index (χ0) is 16.7. The topological polar surface area (TPSA) is 64.0 Å². The number of hydrogen-bond donors (Lipinski definition) is 1. The van der Waals surface area contributed by atoms with Crippen LogP contribution in [0.25, 0.3) is 20.3 Å². The van der Waals surface area contributed by atoms with Crippen LogP contribution in [0.15, 0.2) is 29.3 Å². The van der Waals surface area contributed by atoms with Gasteiger partial charge in [-0.25, -0.2) is 9.37 Å². The standard InChI is InChI=1S/C17H16FN3O2S/c18-11-6-3-7-12-14(11)15-16(24-12)17(23)21(9-19-15)8-13(22)20-10-4-1-2-5-10/h3,6-7,9-10H,1-2,4-5,8H2,(H,20,22). The molecule has 1 aliphatic rings. The first-order valence-corrected chi connectivity index (χ1v) is 8.80. The van der Waals surface area contributed by atoms with E-state index in [2.05, 4.69) is 10.3 Å². The minimum atomic E-state index is -0.387. The molecule has 0 bridgehead atoms. The van der Waals surface area contributed by atoms with Crippen molar-refractivity contribution in [3.05, 3.63) is 40.7 Å². The highest BCUT2D eigenvalue weighted by atomic mass is 32.1. The lowest BCUT2D eigenvalue weighted by Crippen LogP contribution is -2.37. The van der Waals surface area contributed by atoms with E-state index in [1.165, 1.54) is 28.3 Å². The van der Waals surface area contributed by atoms with Gasteiger partial charge in [-0.05, 0) is 25.0 Å². The van der Waals surface area contributed by atoms with Gasteiger partial charge >= 0.3 is 0 Å². The molecule has 0 saturated heterocycles. The molecule has 7 heteroatoms. The summed E-state index contributed by atoms with van der Waals surface area (Å²) >= 11 is 1.21. The molecule has 4 rings (SSSR count). The fraction of sp³-hybridized carbons (Fsp3) is 0.353. The van der Waals surface area contributed by atoms with Crippen molar-refractivity contribution in [2.75, 3.05) is 0 Å². The van der Waals surface area contributed by atoms with Crippen LogP contribution in [0.2, 0.25) is 0 Å². The zero-order valence-electron chi connectivity index (χ0n) is 12.9. The molecule has 0 aliphatic heterocycles. The molecule has 1 fully saturated rings. The summed E-state index contributed by atoms with van der Waals surface area (Å²) in [6.07, 6.45) is 5.58. The largest absolute Gasteiger partial charge is 0.352 e. The number of carbonyl (C=O) groups is 1. The van der Waals surface area contributed by atoms with Crippen LogP contribution in [0, 0.1) is 5.82 Å². The Morgan fingerprint density at radius 2 is 2.17 bits per heavy atom. The Kier molecular flexibility index (Phi) is 3.80. The number of rotatable bonds is 3. The van der Waals surface area contributed by atoms with E-state index in [1.807, 2.05) is 0 Å². The Hall–Kier alpha value is -2.28. The van der Waals surface area contributed by atoms with Gasteiger partial charge < -0.3 is 5.32 Å². The average molecular weight is 345 g/mol. The molecule has 0 atom stereocenters. The zero-order valence-corrected chi connectivity index (χ0v) is 13.7. The summed E-state index contributed by atoms with van der Waals surface area (Å²) in [5, 5.41) is 3.33. The van der Waals surface area contributed by atoms with E-state index < -0.39 is 0 Å². The molecule has 5 nitrogen and oxygen atoms in total. The molecule has 2 heterocycles. The average Bonchev–Trinajstić information content (AvgIpc) is 3.18. The highest BCUT2D eigenvalue weighted by Crippen LogP contribution is 2.31. The molecule has 0 radical (unpaired) electrons. The van der Waals surface area contributed by atoms with E-state index in [4.69, 9.17) is 0 Å². The summed E-state index contributed by atoms with van der Waals surface area (Å²) in [5.41, 5.74) is 0.0627. The van der Waals surface area contributed by atoms with Gasteiger partial charge in [0, 0.05) is 10.7 Å². The quantitative estimate of drug-likeness (QED) is 0.794. The number of benzene rings is 1. The summed E-state index contributed by atoms with van der Waals surface area (Å²) in [7, 11) is 0. The summed E-state index contributed by atoms with van der Waals surface area (Å²) in [6, 6.07) is 4.95. The molecule has 1 saturated carbocycles. The van der Waals surface area contributed by atoms with E-state index in [0.717, 1.165) is 25.7 Å². The molecule has 1 N–H and O–H groups in total. The van der Waals surface area contributed by atoms with E-state index >= 15 is 0 Å². The Balaban J connectivity index is 1.68. The van der Waals surface area contributed by atoms with Crippen LogP contribution >= 0.6 is 11.3 Å². The molecule has 124 valence electrons. The summed E-state index contributed by atoms with van der Waals surface area (Å²) in [4.78, 5) is 29.0. The normalized spacial score (nSPS) is 15.4. The highest BCUT2D eigenvalue weighted by molar-refractivity contribution is 7.25. The lowest BCUT2D eigenvalue weighted by atomic mass is 10.2. The number of amides is 1. The first-order valence-electron chi connectivity index (χ1n) is 7.99. The van der Waals surface area contributed by atoms with Crippen LogP contribution in [0.5, 0.6) is 0 Å². The summed E-state index contributed by atoms with van der Waals surface area (Å²) < 4.78 is 16.4. The van der Waals surface area contributed by atoms with Crippen LogP contribution in [-0.4, -0.2) is 21.5 Å². The van der Waals surface area contributed by atoms with Gasteiger partial charge in [-0.3, -0.25) is 14.2 Å². The number of fused-ring (bicyclic) bond motifs is 3. The third-order valence-corrected chi connectivity index (χ3v) is 5.59. The third-order valence-electron chi connectivity index (χ3n) is 4.45. The van der Waals surface area contributed by atoms with Crippen LogP contribution in [-0.2, 0) is 11.3 Å². The van der Waals surface area contributed by atoms with Crippen molar-refractivity contribution >= 4 is 37.5 Å². The van der Waals surface area contributed by atoms with Gasteiger partial charge in [0.2, 0.25) is 5.91 Å². The van der Waals surface area contributed by atoms with Gasteiger partial charge in [-0.2, -0.15) is 0 Å². The molecule has 0 spiro atoms. The lowest BCUT2D eigenvalue weighted by molar-refractivity contribution is -0.122. The SMILES string of the molecule is O=C(Cn1cnc2c(sc3cccc(F)c32)c1=O)NC1CCCC1. The number of nitrogens with one attached hydrogen (secondary N) is 1. The smallest absolute Gasteiger partial charge is 0.271 e. The first-order chi connectivity index (χ1) is 11.6. The number of hydrogen-bond acceptors (Lipinski definition) is 4. The van der Waals surface area contributed by atoms with Gasteiger partial charge in [0.1, 0.15) is 17.1 Å². The van der Waals surface area contributed by atoms with Gasteiger partial charge in [0.25, 0.3) is 5.56 Å². The molecule has 3 aromatic rings. The third kappa shape index (κ3) is 2.58. The monoisotopic (exact) mass is 345 g/mol. The second kappa shape index (κ2) is 5.98. The van der Waals surface area contributed by atoms with Gasteiger partial charge in [-0.15, -0.1) is 11.3 Å². The molecular weight excluding hydrogens is 329 g/mol. The predicted octanol–water partition coefficient (Wildman–Crippen LogP) is 2.81. The highest BCUT2D eigenvalue weighted by Gasteiger charge is 2.19. The number of nitrogens with zero attached hydrogens (tertiary/aromatic N) is 2. The van der Waals surface area contributed by atoms with E-state index in [1.54, 1.807) is 12.1 Å². The molecule has 0 unspecified atom stereocenters. The summed E-state index contributed by atoms with van der Waals surface area (Å²) in [5.74, 6) is -0.570. The van der Waals surface area contributed by atoms with E-state index in [-0.39, 0.29) is 29.9 Å². The molecular formula is C17H16FN3O2S. The first kappa shape index (κ1) is 15.3. The molecule has 1 amide bonds. The number of thiophene rings is 1. The van der Waals surface area contributed by atoms with E-state index in [0.29, 0.717) is 20.3 Å². The molecule has 1 aliphatic carbocycles. The van der Waals surface area contributed by atoms with Crippen molar-refractivity contribution in [2.24, 2.45) is 0 Å². The Morgan fingerprint density at radius 3 is 2.96 bits per heavy atom. The minimum absolute atomic E-state index is 0.0605. The second-order valence-electron chi connectivity index (χ2n) is 6.12. The fourth-order valence-electron chi connectivity index (χ4n) is 3.28. The van der Waals surface area contributed by atoms with Gasteiger partial charge in [-0.1, -0.05) is 18.9 Å². The van der Waals surface area contributed by atoms with Gasteiger partial charge in [0.15, 0.2) is 0 Å².